The van der Waals surface area contributed by atoms with Crippen LogP contribution in [0, 0.1) is 5.41 Å². The van der Waals surface area contributed by atoms with Crippen molar-refractivity contribution < 1.29 is 13.2 Å². The van der Waals surface area contributed by atoms with Gasteiger partial charge in [-0.1, -0.05) is 24.6 Å². The zero-order chi connectivity index (χ0) is 18.2. The van der Waals surface area contributed by atoms with Crippen molar-refractivity contribution in [3.63, 3.8) is 0 Å². The molecule has 0 spiro atoms. The summed E-state index contributed by atoms with van der Waals surface area (Å²) < 4.78 is 29.8. The largest absolute Gasteiger partial charge is 0.385 e. The Kier molecular flexibility index (Phi) is 9.88. The maximum Gasteiger partial charge on any atom is 0.191 e. The first-order valence-corrected chi connectivity index (χ1v) is 10.4. The fourth-order valence-corrected chi connectivity index (χ4v) is 4.23. The van der Waals surface area contributed by atoms with Gasteiger partial charge in [0.1, 0.15) is 0 Å². The quantitative estimate of drug-likeness (QED) is 0.313. The maximum atomic E-state index is 12.3. The van der Waals surface area contributed by atoms with Crippen LogP contribution in [0.25, 0.3) is 0 Å². The standard InChI is InChI=1S/C18H29N3O3S.HI/c1-19-17(21-15-18(9-6-10-18)11-13-24-2)20-12-14-25(22,23)16-7-4-3-5-8-16;/h3-5,7-8H,6,9-15H2,1-2H3,(H2,19,20,21);1H. The number of nitrogens with one attached hydrogen (secondary N) is 2. The topological polar surface area (TPSA) is 79.8 Å². The molecule has 6 nitrogen and oxygen atoms in total. The Morgan fingerprint density at radius 2 is 1.92 bits per heavy atom. The van der Waals surface area contributed by atoms with Gasteiger partial charge in [-0.05, 0) is 36.8 Å². The van der Waals surface area contributed by atoms with Crippen molar-refractivity contribution >= 4 is 39.8 Å². The van der Waals surface area contributed by atoms with E-state index in [0.29, 0.717) is 17.4 Å². The molecule has 1 aromatic rings. The molecule has 0 aromatic heterocycles. The molecule has 0 unspecified atom stereocenters. The summed E-state index contributed by atoms with van der Waals surface area (Å²) >= 11 is 0. The zero-order valence-electron chi connectivity index (χ0n) is 15.5. The number of methoxy groups -OCH3 is 1. The molecule has 0 amide bonds. The Hall–Kier alpha value is -0.870. The van der Waals surface area contributed by atoms with Gasteiger partial charge in [-0.3, -0.25) is 4.99 Å². The monoisotopic (exact) mass is 495 g/mol. The predicted molar refractivity (Wildman–Crippen MR) is 116 cm³/mol. The van der Waals surface area contributed by atoms with Crippen LogP contribution in [-0.2, 0) is 14.6 Å². The maximum absolute atomic E-state index is 12.3. The fraction of sp³-hybridized carbons (Fsp3) is 0.611. The molecule has 1 saturated carbocycles. The van der Waals surface area contributed by atoms with E-state index < -0.39 is 9.84 Å². The highest BCUT2D eigenvalue weighted by Crippen LogP contribution is 2.43. The van der Waals surface area contributed by atoms with Gasteiger partial charge in [0.25, 0.3) is 0 Å². The van der Waals surface area contributed by atoms with Gasteiger partial charge in [-0.15, -0.1) is 24.0 Å². The van der Waals surface area contributed by atoms with Gasteiger partial charge in [-0.25, -0.2) is 8.42 Å². The first-order valence-electron chi connectivity index (χ1n) is 8.73. The van der Waals surface area contributed by atoms with E-state index in [1.54, 1.807) is 38.4 Å². The second-order valence-electron chi connectivity index (χ2n) is 6.58. The lowest BCUT2D eigenvalue weighted by Crippen LogP contribution is -2.47. The number of guanidine groups is 1. The molecular formula is C18H30IN3O3S. The van der Waals surface area contributed by atoms with Crippen LogP contribution in [0.2, 0.25) is 0 Å². The number of nitrogens with zero attached hydrogens (tertiary/aromatic N) is 1. The highest BCUT2D eigenvalue weighted by molar-refractivity contribution is 14.0. The fourth-order valence-electron chi connectivity index (χ4n) is 3.05. The minimum absolute atomic E-state index is 0. The smallest absolute Gasteiger partial charge is 0.191 e. The van der Waals surface area contributed by atoms with Crippen molar-refractivity contribution in [2.24, 2.45) is 10.4 Å². The molecule has 0 atom stereocenters. The van der Waals surface area contributed by atoms with Crippen molar-refractivity contribution in [3.8, 4) is 0 Å². The van der Waals surface area contributed by atoms with Gasteiger partial charge in [0, 0.05) is 33.9 Å². The lowest BCUT2D eigenvalue weighted by Gasteiger charge is -2.42. The Bertz CT molecular complexity index is 662. The summed E-state index contributed by atoms with van der Waals surface area (Å²) in [5, 5.41) is 6.44. The molecule has 0 saturated heterocycles. The van der Waals surface area contributed by atoms with Crippen LogP contribution in [0.15, 0.2) is 40.2 Å². The van der Waals surface area contributed by atoms with Gasteiger partial charge in [-0.2, -0.15) is 0 Å². The third kappa shape index (κ3) is 6.70. The number of hydrogen-bond donors (Lipinski definition) is 2. The Morgan fingerprint density at radius 3 is 2.46 bits per heavy atom. The summed E-state index contributed by atoms with van der Waals surface area (Å²) in [5.74, 6) is 0.680. The highest BCUT2D eigenvalue weighted by atomic mass is 127. The number of sulfone groups is 1. The van der Waals surface area contributed by atoms with Crippen LogP contribution in [0.4, 0.5) is 0 Å². The van der Waals surface area contributed by atoms with E-state index in [9.17, 15) is 8.42 Å². The molecule has 2 rings (SSSR count). The van der Waals surface area contributed by atoms with E-state index in [1.165, 1.54) is 19.3 Å². The van der Waals surface area contributed by atoms with Crippen LogP contribution >= 0.6 is 24.0 Å². The van der Waals surface area contributed by atoms with E-state index in [-0.39, 0.29) is 35.1 Å². The summed E-state index contributed by atoms with van der Waals surface area (Å²) in [7, 11) is 0.153. The third-order valence-electron chi connectivity index (χ3n) is 4.87. The predicted octanol–water partition coefficient (Wildman–Crippen LogP) is 2.45. The summed E-state index contributed by atoms with van der Waals surface area (Å²) in [6.07, 6.45) is 4.69. The van der Waals surface area contributed by atoms with Gasteiger partial charge in [0.15, 0.2) is 15.8 Å². The first-order chi connectivity index (χ1) is 12.0. The van der Waals surface area contributed by atoms with Crippen LogP contribution in [0.1, 0.15) is 25.7 Å². The summed E-state index contributed by atoms with van der Waals surface area (Å²) in [6.45, 7) is 1.92. The molecule has 1 aliphatic carbocycles. The van der Waals surface area contributed by atoms with E-state index in [1.807, 2.05) is 6.07 Å². The lowest BCUT2D eigenvalue weighted by molar-refractivity contribution is 0.0733. The van der Waals surface area contributed by atoms with Crippen molar-refractivity contribution in [2.75, 3.05) is 39.6 Å². The molecule has 2 N–H and O–H groups in total. The van der Waals surface area contributed by atoms with Crippen molar-refractivity contribution in [2.45, 2.75) is 30.6 Å². The number of ether oxygens (including phenoxy) is 1. The summed E-state index contributed by atoms with van der Waals surface area (Å²) in [5.41, 5.74) is 0.281. The lowest BCUT2D eigenvalue weighted by atomic mass is 9.67. The molecule has 1 fully saturated rings. The van der Waals surface area contributed by atoms with Crippen molar-refractivity contribution in [3.05, 3.63) is 30.3 Å². The number of halogens is 1. The molecule has 0 radical (unpaired) electrons. The Labute approximate surface area is 174 Å². The van der Waals surface area contributed by atoms with Gasteiger partial charge in [0.2, 0.25) is 0 Å². The summed E-state index contributed by atoms with van der Waals surface area (Å²) in [6, 6.07) is 8.53. The number of benzene rings is 1. The molecule has 8 heteroatoms. The van der Waals surface area contributed by atoms with E-state index in [0.717, 1.165) is 19.6 Å². The molecule has 0 aliphatic heterocycles. The Morgan fingerprint density at radius 1 is 1.23 bits per heavy atom. The van der Waals surface area contributed by atoms with E-state index in [4.69, 9.17) is 4.74 Å². The van der Waals surface area contributed by atoms with Crippen molar-refractivity contribution in [1.82, 2.24) is 10.6 Å². The SMILES string of the molecule is CN=C(NCCS(=O)(=O)c1ccccc1)NCC1(CCOC)CCC1.I. The number of hydrogen-bond acceptors (Lipinski definition) is 4. The zero-order valence-corrected chi connectivity index (χ0v) is 18.7. The van der Waals surface area contributed by atoms with Crippen LogP contribution in [-0.4, -0.2) is 54.0 Å². The first kappa shape index (κ1) is 23.2. The van der Waals surface area contributed by atoms with Gasteiger partial charge in [0.05, 0.1) is 10.6 Å². The highest BCUT2D eigenvalue weighted by Gasteiger charge is 2.36. The minimum atomic E-state index is -3.27. The molecule has 1 aliphatic rings. The Balaban J connectivity index is 0.00000338. The summed E-state index contributed by atoms with van der Waals surface area (Å²) in [4.78, 5) is 4.54. The second kappa shape index (κ2) is 11.1. The average molecular weight is 495 g/mol. The average Bonchev–Trinajstić information content (AvgIpc) is 2.59. The van der Waals surface area contributed by atoms with Crippen LogP contribution in [0.5, 0.6) is 0 Å². The van der Waals surface area contributed by atoms with Crippen LogP contribution in [0.3, 0.4) is 0 Å². The van der Waals surface area contributed by atoms with Crippen LogP contribution < -0.4 is 10.6 Å². The molecule has 0 heterocycles. The molecule has 0 bridgehead atoms. The molecule has 26 heavy (non-hydrogen) atoms. The number of aliphatic imine (C=N–C) groups is 1. The van der Waals surface area contributed by atoms with E-state index >= 15 is 0 Å². The molecule has 1 aromatic carbocycles. The molecular weight excluding hydrogens is 465 g/mol. The third-order valence-corrected chi connectivity index (χ3v) is 6.60. The van der Waals surface area contributed by atoms with E-state index in [2.05, 4.69) is 15.6 Å². The number of rotatable bonds is 9. The normalized spacial score (nSPS) is 16.3. The van der Waals surface area contributed by atoms with Crippen molar-refractivity contribution in [1.29, 1.82) is 0 Å². The van der Waals surface area contributed by atoms with Gasteiger partial charge < -0.3 is 15.4 Å². The minimum Gasteiger partial charge on any atom is -0.385 e. The van der Waals surface area contributed by atoms with Gasteiger partial charge >= 0.3 is 0 Å². The molecule has 148 valence electrons. The second-order valence-corrected chi connectivity index (χ2v) is 8.69.